The molecule has 0 saturated heterocycles. The molecule has 0 radical (unpaired) electrons. The van der Waals surface area contributed by atoms with Crippen LogP contribution < -0.4 is 0 Å². The quantitative estimate of drug-likeness (QED) is 0.500. The van der Waals surface area contributed by atoms with Crippen LogP contribution in [0.25, 0.3) is 0 Å². The van der Waals surface area contributed by atoms with Crippen molar-refractivity contribution in [3.8, 4) is 0 Å². The van der Waals surface area contributed by atoms with Gasteiger partial charge in [-0.15, -0.1) is 0 Å². The number of hydrogen-bond donors (Lipinski definition) is 0. The Morgan fingerprint density at radius 2 is 1.80 bits per heavy atom. The zero-order valence-electron chi connectivity index (χ0n) is 5.91. The molecular weight excluding hydrogens is 141 g/mol. The first kappa shape index (κ1) is 7.89. The Bertz CT molecular complexity index is 117. The van der Waals surface area contributed by atoms with Gasteiger partial charge >= 0.3 is 6.18 Å². The van der Waals surface area contributed by atoms with Crippen LogP contribution in [0.4, 0.5) is 13.2 Å². The van der Waals surface area contributed by atoms with Crippen LogP contribution in [0.2, 0.25) is 0 Å². The molecular formula is C7H11F3. The van der Waals surface area contributed by atoms with E-state index < -0.39 is 12.1 Å². The normalized spacial score (nSPS) is 34.8. The Balaban J connectivity index is 2.55. The lowest BCUT2D eigenvalue weighted by Crippen LogP contribution is -2.24. The van der Waals surface area contributed by atoms with Gasteiger partial charge in [0.1, 0.15) is 0 Å². The third-order valence-corrected chi connectivity index (χ3v) is 2.28. The number of rotatable bonds is 0. The summed E-state index contributed by atoms with van der Waals surface area (Å²) in [7, 11) is 0. The van der Waals surface area contributed by atoms with Gasteiger partial charge in [-0.25, -0.2) is 0 Å². The fraction of sp³-hybridized carbons (Fsp3) is 1.00. The van der Waals surface area contributed by atoms with Gasteiger partial charge in [-0.1, -0.05) is 19.8 Å². The van der Waals surface area contributed by atoms with Crippen molar-refractivity contribution in [1.82, 2.24) is 0 Å². The largest absolute Gasteiger partial charge is 0.392 e. The molecule has 0 aliphatic heterocycles. The Labute approximate surface area is 58.4 Å². The van der Waals surface area contributed by atoms with Crippen molar-refractivity contribution in [2.45, 2.75) is 32.4 Å². The van der Waals surface area contributed by atoms with Crippen molar-refractivity contribution in [3.05, 3.63) is 0 Å². The summed E-state index contributed by atoms with van der Waals surface area (Å²) < 4.78 is 36.0. The van der Waals surface area contributed by atoms with Gasteiger partial charge in [0.05, 0.1) is 5.92 Å². The number of halogens is 3. The van der Waals surface area contributed by atoms with Crippen LogP contribution in [0.15, 0.2) is 0 Å². The van der Waals surface area contributed by atoms with E-state index in [2.05, 4.69) is 0 Å². The first-order valence-electron chi connectivity index (χ1n) is 3.58. The van der Waals surface area contributed by atoms with Crippen LogP contribution >= 0.6 is 0 Å². The van der Waals surface area contributed by atoms with Crippen LogP contribution in [0, 0.1) is 11.8 Å². The van der Waals surface area contributed by atoms with Gasteiger partial charge in [0.15, 0.2) is 0 Å². The average molecular weight is 152 g/mol. The molecule has 0 aromatic rings. The van der Waals surface area contributed by atoms with Crippen LogP contribution in [0.5, 0.6) is 0 Å². The van der Waals surface area contributed by atoms with Crippen LogP contribution in [0.3, 0.4) is 0 Å². The SMILES string of the molecule is C[C@@H]1CCCC1C(F)(F)F. The molecule has 0 aromatic heterocycles. The van der Waals surface area contributed by atoms with E-state index in [1.165, 1.54) is 0 Å². The maximum absolute atomic E-state index is 12.0. The van der Waals surface area contributed by atoms with Gasteiger partial charge in [-0.3, -0.25) is 0 Å². The summed E-state index contributed by atoms with van der Waals surface area (Å²) in [6.07, 6.45) is -2.13. The summed E-state index contributed by atoms with van der Waals surface area (Å²) in [6, 6.07) is 0. The van der Waals surface area contributed by atoms with Crippen LogP contribution in [0.1, 0.15) is 26.2 Å². The van der Waals surface area contributed by atoms with E-state index in [1.54, 1.807) is 6.92 Å². The maximum Gasteiger partial charge on any atom is 0.392 e. The van der Waals surface area contributed by atoms with Crippen molar-refractivity contribution in [2.75, 3.05) is 0 Å². The lowest BCUT2D eigenvalue weighted by Gasteiger charge is -2.18. The van der Waals surface area contributed by atoms with Gasteiger partial charge in [0.25, 0.3) is 0 Å². The molecule has 10 heavy (non-hydrogen) atoms. The first-order chi connectivity index (χ1) is 4.52. The molecule has 0 amide bonds. The van der Waals surface area contributed by atoms with E-state index >= 15 is 0 Å². The Morgan fingerprint density at radius 1 is 1.20 bits per heavy atom. The average Bonchev–Trinajstić information content (AvgIpc) is 2.11. The zero-order chi connectivity index (χ0) is 7.78. The van der Waals surface area contributed by atoms with Crippen molar-refractivity contribution < 1.29 is 13.2 Å². The lowest BCUT2D eigenvalue weighted by atomic mass is 9.98. The molecule has 0 spiro atoms. The second-order valence-corrected chi connectivity index (χ2v) is 3.06. The van der Waals surface area contributed by atoms with Gasteiger partial charge in [0.2, 0.25) is 0 Å². The Morgan fingerprint density at radius 3 is 2.00 bits per heavy atom. The smallest absolute Gasteiger partial charge is 0.171 e. The summed E-state index contributed by atoms with van der Waals surface area (Å²) in [5.41, 5.74) is 0. The Kier molecular flexibility index (Phi) is 1.92. The van der Waals surface area contributed by atoms with Gasteiger partial charge in [0, 0.05) is 0 Å². The highest BCUT2D eigenvalue weighted by molar-refractivity contribution is 4.79. The van der Waals surface area contributed by atoms with Gasteiger partial charge in [-0.05, 0) is 12.3 Å². The zero-order valence-corrected chi connectivity index (χ0v) is 5.91. The highest BCUT2D eigenvalue weighted by Crippen LogP contribution is 2.42. The summed E-state index contributed by atoms with van der Waals surface area (Å²) in [4.78, 5) is 0. The fourth-order valence-corrected chi connectivity index (χ4v) is 1.63. The predicted octanol–water partition coefficient (Wildman–Crippen LogP) is 2.98. The van der Waals surface area contributed by atoms with Crippen LogP contribution in [-0.4, -0.2) is 6.18 Å². The van der Waals surface area contributed by atoms with Gasteiger partial charge in [-0.2, -0.15) is 13.2 Å². The van der Waals surface area contributed by atoms with Crippen molar-refractivity contribution in [1.29, 1.82) is 0 Å². The summed E-state index contributed by atoms with van der Waals surface area (Å²) >= 11 is 0. The minimum absolute atomic E-state index is 0.153. The van der Waals surface area contributed by atoms with Crippen LogP contribution in [-0.2, 0) is 0 Å². The monoisotopic (exact) mass is 152 g/mol. The Hall–Kier alpha value is -0.210. The fourth-order valence-electron chi connectivity index (χ4n) is 1.63. The van der Waals surface area contributed by atoms with E-state index in [4.69, 9.17) is 0 Å². The lowest BCUT2D eigenvalue weighted by molar-refractivity contribution is -0.181. The molecule has 0 heterocycles. The van der Waals surface area contributed by atoms with Crippen molar-refractivity contribution >= 4 is 0 Å². The van der Waals surface area contributed by atoms with Gasteiger partial charge < -0.3 is 0 Å². The van der Waals surface area contributed by atoms with Crippen molar-refractivity contribution in [2.24, 2.45) is 11.8 Å². The molecule has 1 fully saturated rings. The molecule has 3 heteroatoms. The van der Waals surface area contributed by atoms with E-state index in [0.717, 1.165) is 12.8 Å². The maximum atomic E-state index is 12.0. The number of alkyl halides is 3. The molecule has 0 nitrogen and oxygen atoms in total. The van der Waals surface area contributed by atoms with Crippen molar-refractivity contribution in [3.63, 3.8) is 0 Å². The summed E-state index contributed by atoms with van der Waals surface area (Å²) in [6.45, 7) is 1.69. The van der Waals surface area contributed by atoms with E-state index in [0.29, 0.717) is 6.42 Å². The molecule has 0 aromatic carbocycles. The highest BCUT2D eigenvalue weighted by Gasteiger charge is 2.44. The minimum Gasteiger partial charge on any atom is -0.171 e. The minimum atomic E-state index is -3.95. The molecule has 1 unspecified atom stereocenters. The summed E-state index contributed by atoms with van der Waals surface area (Å²) in [5, 5.41) is 0. The third kappa shape index (κ3) is 1.44. The highest BCUT2D eigenvalue weighted by atomic mass is 19.4. The molecule has 60 valence electrons. The second kappa shape index (κ2) is 2.44. The third-order valence-electron chi connectivity index (χ3n) is 2.28. The standard InChI is InChI=1S/C7H11F3/c1-5-3-2-4-6(5)7(8,9)10/h5-6H,2-4H2,1H3/t5-,6?/m1/s1. The predicted molar refractivity (Wildman–Crippen MR) is 32.6 cm³/mol. The second-order valence-electron chi connectivity index (χ2n) is 3.06. The molecule has 0 N–H and O–H groups in total. The molecule has 1 aliphatic carbocycles. The first-order valence-corrected chi connectivity index (χ1v) is 3.58. The number of hydrogen-bond acceptors (Lipinski definition) is 0. The van der Waals surface area contributed by atoms with E-state index in [9.17, 15) is 13.2 Å². The molecule has 0 bridgehead atoms. The molecule has 2 atom stereocenters. The van der Waals surface area contributed by atoms with E-state index in [1.807, 2.05) is 0 Å². The molecule has 1 saturated carbocycles. The van der Waals surface area contributed by atoms with E-state index in [-0.39, 0.29) is 5.92 Å². The summed E-state index contributed by atoms with van der Waals surface area (Å²) in [5.74, 6) is -1.17. The molecule has 1 rings (SSSR count). The molecule has 1 aliphatic rings. The topological polar surface area (TPSA) is 0 Å².